The van der Waals surface area contributed by atoms with Crippen molar-refractivity contribution in [1.82, 2.24) is 9.88 Å². The van der Waals surface area contributed by atoms with Gasteiger partial charge in [-0.15, -0.1) is 0 Å². The number of ether oxygens (including phenoxy) is 1. The lowest BCUT2D eigenvalue weighted by atomic mass is 9.88. The third-order valence-electron chi connectivity index (χ3n) is 4.47. The fraction of sp³-hybridized carbons (Fsp3) is 0.381. The summed E-state index contributed by atoms with van der Waals surface area (Å²) in [6.45, 7) is 12.3. The molecule has 0 unspecified atom stereocenters. The maximum atomic E-state index is 12.7. The van der Waals surface area contributed by atoms with Gasteiger partial charge in [-0.3, -0.25) is 9.79 Å². The van der Waals surface area contributed by atoms with Crippen molar-refractivity contribution in [2.24, 2.45) is 10.9 Å². The standard InChI is InChI=1S/C21H24F3N3O2/c1-5-20(28)27-10-8-16(9-11-27)18(13-25-14(2)3)15(4)29-17-6-7-19(26-12-17)21(22,23)24/h5-7,12-13,16H,1,4,8-11H2,2-3H3/b18-13+. The van der Waals surface area contributed by atoms with E-state index >= 15 is 0 Å². The number of carbonyl (C=O) groups excluding carboxylic acids is 1. The summed E-state index contributed by atoms with van der Waals surface area (Å²) < 4.78 is 43.7. The number of carbonyl (C=O) groups is 1. The largest absolute Gasteiger partial charge is 0.456 e. The average molecular weight is 407 g/mol. The highest BCUT2D eigenvalue weighted by Gasteiger charge is 2.32. The minimum atomic E-state index is -4.51. The summed E-state index contributed by atoms with van der Waals surface area (Å²) in [4.78, 5) is 21.2. The van der Waals surface area contributed by atoms with Crippen LogP contribution in [0.2, 0.25) is 0 Å². The zero-order chi connectivity index (χ0) is 21.6. The number of aliphatic imine (C=N–C) groups is 1. The van der Waals surface area contributed by atoms with Crippen LogP contribution in [-0.4, -0.2) is 34.6 Å². The zero-order valence-corrected chi connectivity index (χ0v) is 16.5. The number of amides is 1. The van der Waals surface area contributed by atoms with Gasteiger partial charge >= 0.3 is 6.18 Å². The van der Waals surface area contributed by atoms with Crippen molar-refractivity contribution in [3.8, 4) is 5.75 Å². The van der Waals surface area contributed by atoms with Gasteiger partial charge in [0.25, 0.3) is 0 Å². The first-order valence-electron chi connectivity index (χ1n) is 9.14. The molecule has 0 spiro atoms. The molecule has 29 heavy (non-hydrogen) atoms. The van der Waals surface area contributed by atoms with Crippen molar-refractivity contribution in [2.45, 2.75) is 32.9 Å². The Balaban J connectivity index is 2.15. The number of halogens is 3. The molecule has 2 rings (SSSR count). The molecule has 8 heteroatoms. The van der Waals surface area contributed by atoms with E-state index in [1.807, 2.05) is 13.8 Å². The fourth-order valence-electron chi connectivity index (χ4n) is 2.95. The normalized spacial score (nSPS) is 15.6. The minimum absolute atomic E-state index is 0.0573. The molecule has 1 saturated heterocycles. The average Bonchev–Trinajstić information content (AvgIpc) is 2.67. The maximum Gasteiger partial charge on any atom is 0.433 e. The van der Waals surface area contributed by atoms with E-state index in [4.69, 9.17) is 4.74 Å². The summed E-state index contributed by atoms with van der Waals surface area (Å²) >= 11 is 0. The van der Waals surface area contributed by atoms with Crippen LogP contribution in [0.5, 0.6) is 5.75 Å². The molecular formula is C21H24F3N3O2. The van der Waals surface area contributed by atoms with Gasteiger partial charge in [-0.25, -0.2) is 4.98 Å². The summed E-state index contributed by atoms with van der Waals surface area (Å²) in [7, 11) is 0. The van der Waals surface area contributed by atoms with Crippen LogP contribution in [-0.2, 0) is 11.0 Å². The molecule has 156 valence electrons. The number of piperidine rings is 1. The van der Waals surface area contributed by atoms with E-state index < -0.39 is 11.9 Å². The van der Waals surface area contributed by atoms with Crippen molar-refractivity contribution in [2.75, 3.05) is 13.1 Å². The molecule has 1 fully saturated rings. The molecule has 0 aromatic carbocycles. The van der Waals surface area contributed by atoms with Crippen LogP contribution in [0.3, 0.4) is 0 Å². The number of alkyl halides is 3. The first kappa shape index (κ1) is 22.4. The predicted octanol–water partition coefficient (Wildman–Crippen LogP) is 4.78. The van der Waals surface area contributed by atoms with Gasteiger partial charge in [0.1, 0.15) is 17.2 Å². The summed E-state index contributed by atoms with van der Waals surface area (Å²) in [5, 5.41) is 0. The lowest BCUT2D eigenvalue weighted by Crippen LogP contribution is -2.38. The molecule has 1 aliphatic rings. The number of rotatable bonds is 6. The molecule has 2 heterocycles. The number of allylic oxidation sites excluding steroid dienone is 1. The SMILES string of the molecule is C=CC(=O)N1CCC(/C(=C/N=C(C)C)C(=C)Oc2ccc(C(F)(F)F)nc2)CC1. The van der Waals surface area contributed by atoms with Gasteiger partial charge in [-0.2, -0.15) is 13.2 Å². The lowest BCUT2D eigenvalue weighted by molar-refractivity contribution is -0.141. The highest BCUT2D eigenvalue weighted by atomic mass is 19.4. The van der Waals surface area contributed by atoms with Crippen molar-refractivity contribution in [3.63, 3.8) is 0 Å². The van der Waals surface area contributed by atoms with Gasteiger partial charge in [0, 0.05) is 30.6 Å². The van der Waals surface area contributed by atoms with Crippen molar-refractivity contribution in [1.29, 1.82) is 0 Å². The Kier molecular flexibility index (Phi) is 7.36. The first-order valence-corrected chi connectivity index (χ1v) is 9.14. The van der Waals surface area contributed by atoms with Gasteiger partial charge in [0.2, 0.25) is 5.91 Å². The molecule has 0 atom stereocenters. The molecule has 0 aliphatic carbocycles. The van der Waals surface area contributed by atoms with Crippen LogP contribution in [0.4, 0.5) is 13.2 Å². The van der Waals surface area contributed by atoms with Crippen molar-refractivity contribution < 1.29 is 22.7 Å². The van der Waals surface area contributed by atoms with Gasteiger partial charge in [-0.1, -0.05) is 13.2 Å². The summed E-state index contributed by atoms with van der Waals surface area (Å²) in [6.07, 6.45) is 0.858. The predicted molar refractivity (Wildman–Crippen MR) is 105 cm³/mol. The first-order chi connectivity index (χ1) is 13.6. The van der Waals surface area contributed by atoms with Crippen molar-refractivity contribution in [3.05, 3.63) is 60.8 Å². The maximum absolute atomic E-state index is 12.7. The van der Waals surface area contributed by atoms with Crippen LogP contribution in [0, 0.1) is 5.92 Å². The highest BCUT2D eigenvalue weighted by Crippen LogP contribution is 2.32. The van der Waals surface area contributed by atoms with E-state index in [2.05, 4.69) is 23.1 Å². The Bertz CT molecular complexity index is 815. The Morgan fingerprint density at radius 2 is 1.97 bits per heavy atom. The van der Waals surface area contributed by atoms with Gasteiger partial charge in [0.05, 0.1) is 6.20 Å². The molecule has 1 aromatic rings. The Labute approximate surface area is 168 Å². The number of hydrogen-bond donors (Lipinski definition) is 0. The second-order valence-corrected chi connectivity index (χ2v) is 6.87. The molecule has 1 aromatic heterocycles. The third kappa shape index (κ3) is 6.30. The number of hydrogen-bond acceptors (Lipinski definition) is 4. The van der Waals surface area contributed by atoms with Crippen LogP contribution in [0.15, 0.2) is 60.1 Å². The number of pyridine rings is 1. The van der Waals surface area contributed by atoms with Gasteiger partial charge in [-0.05, 0) is 50.8 Å². The smallest absolute Gasteiger partial charge is 0.433 e. The summed E-state index contributed by atoms with van der Waals surface area (Å²) in [5.41, 5.74) is 0.597. The highest BCUT2D eigenvalue weighted by molar-refractivity contribution is 5.87. The van der Waals surface area contributed by atoms with Crippen LogP contribution in [0.1, 0.15) is 32.4 Å². The number of nitrogens with zero attached hydrogens (tertiary/aromatic N) is 3. The van der Waals surface area contributed by atoms with Gasteiger partial charge < -0.3 is 9.64 Å². The molecule has 0 radical (unpaired) electrons. The number of aromatic nitrogens is 1. The molecule has 0 bridgehead atoms. The van der Waals surface area contributed by atoms with E-state index in [-0.39, 0.29) is 17.6 Å². The van der Waals surface area contributed by atoms with E-state index in [1.54, 1.807) is 11.1 Å². The van der Waals surface area contributed by atoms with E-state index in [1.165, 1.54) is 12.1 Å². The molecule has 1 aliphatic heterocycles. The number of likely N-dealkylation sites (tertiary alicyclic amines) is 1. The zero-order valence-electron chi connectivity index (χ0n) is 16.5. The van der Waals surface area contributed by atoms with Crippen molar-refractivity contribution >= 4 is 11.6 Å². The summed E-state index contributed by atoms with van der Waals surface area (Å²) in [6, 6.07) is 2.07. The summed E-state index contributed by atoms with van der Waals surface area (Å²) in [5.74, 6) is 0.402. The quantitative estimate of drug-likeness (QED) is 0.295. The Morgan fingerprint density at radius 3 is 2.45 bits per heavy atom. The van der Waals surface area contributed by atoms with E-state index in [0.717, 1.165) is 23.5 Å². The topological polar surface area (TPSA) is 54.8 Å². The Morgan fingerprint density at radius 1 is 1.31 bits per heavy atom. The van der Waals surface area contributed by atoms with Crippen LogP contribution in [0.25, 0.3) is 0 Å². The van der Waals surface area contributed by atoms with E-state index in [9.17, 15) is 18.0 Å². The van der Waals surface area contributed by atoms with Crippen LogP contribution < -0.4 is 4.74 Å². The monoisotopic (exact) mass is 407 g/mol. The van der Waals surface area contributed by atoms with Crippen LogP contribution >= 0.6 is 0 Å². The third-order valence-corrected chi connectivity index (χ3v) is 4.47. The molecule has 5 nitrogen and oxygen atoms in total. The molecule has 0 saturated carbocycles. The second kappa shape index (κ2) is 9.54. The molecular weight excluding hydrogens is 383 g/mol. The van der Waals surface area contributed by atoms with E-state index in [0.29, 0.717) is 31.7 Å². The fourth-order valence-corrected chi connectivity index (χ4v) is 2.95. The lowest BCUT2D eigenvalue weighted by Gasteiger charge is -2.32. The second-order valence-electron chi connectivity index (χ2n) is 6.87. The van der Waals surface area contributed by atoms with Gasteiger partial charge in [0.15, 0.2) is 0 Å². The Hall–Kier alpha value is -2.90. The molecule has 0 N–H and O–H groups in total. The molecule has 1 amide bonds. The minimum Gasteiger partial charge on any atom is -0.456 e.